The van der Waals surface area contributed by atoms with Crippen molar-refractivity contribution in [3.05, 3.63) is 83.4 Å². The molecule has 2 aliphatic rings. The van der Waals surface area contributed by atoms with Crippen molar-refractivity contribution in [3.63, 3.8) is 0 Å². The third-order valence-electron chi connectivity index (χ3n) is 6.28. The molecule has 1 fully saturated rings. The predicted molar refractivity (Wildman–Crippen MR) is 131 cm³/mol. The number of furan rings is 1. The maximum atomic E-state index is 13.1. The van der Waals surface area contributed by atoms with E-state index in [1.54, 1.807) is 30.7 Å². The average molecular weight is 493 g/mol. The lowest BCUT2D eigenvalue weighted by molar-refractivity contribution is -0.156. The maximum absolute atomic E-state index is 13.1. The fourth-order valence-electron chi connectivity index (χ4n) is 4.49. The fourth-order valence-corrected chi connectivity index (χ4v) is 4.62. The van der Waals surface area contributed by atoms with E-state index < -0.39 is 11.9 Å². The van der Waals surface area contributed by atoms with Gasteiger partial charge in [0.15, 0.2) is 6.61 Å². The van der Waals surface area contributed by atoms with Gasteiger partial charge in [0.05, 0.1) is 17.9 Å². The molecule has 0 aliphatic carbocycles. The molecule has 0 bridgehead atoms. The van der Waals surface area contributed by atoms with Crippen LogP contribution in [0.25, 0.3) is 0 Å². The molecule has 0 spiro atoms. The summed E-state index contributed by atoms with van der Waals surface area (Å²) in [5, 5.41) is 6.54. The number of carbonyl (C=O) groups excluding carboxylic acids is 2. The summed E-state index contributed by atoms with van der Waals surface area (Å²) >= 11 is 6.01. The number of hydrogen-bond donors (Lipinski definition) is 0. The van der Waals surface area contributed by atoms with Crippen molar-refractivity contribution in [3.8, 4) is 0 Å². The highest BCUT2D eigenvalue weighted by Crippen LogP contribution is 2.33. The van der Waals surface area contributed by atoms with Gasteiger partial charge in [0.2, 0.25) is 0 Å². The SMILES string of the molecule is O=C(OCC(=O)N1N=C(c2ccc(Cl)cc2)C[C@H]1c1ccco1)[C@@H]1CCCN(c2ccccn2)C1. The van der Waals surface area contributed by atoms with E-state index in [2.05, 4.69) is 15.0 Å². The zero-order chi connectivity index (χ0) is 24.2. The topological polar surface area (TPSA) is 88.2 Å². The summed E-state index contributed by atoms with van der Waals surface area (Å²) in [7, 11) is 0. The van der Waals surface area contributed by atoms with Gasteiger partial charge in [-0.05, 0) is 54.8 Å². The molecule has 35 heavy (non-hydrogen) atoms. The number of esters is 1. The highest BCUT2D eigenvalue weighted by atomic mass is 35.5. The number of rotatable bonds is 6. The Balaban J connectivity index is 1.25. The monoisotopic (exact) mass is 492 g/mol. The molecule has 4 heterocycles. The van der Waals surface area contributed by atoms with Crippen LogP contribution in [-0.2, 0) is 14.3 Å². The van der Waals surface area contributed by atoms with Gasteiger partial charge in [0, 0.05) is 30.7 Å². The Morgan fingerprint density at radius 1 is 1.11 bits per heavy atom. The van der Waals surface area contributed by atoms with Gasteiger partial charge >= 0.3 is 5.97 Å². The third kappa shape index (κ3) is 5.22. The first-order valence-electron chi connectivity index (χ1n) is 11.6. The van der Waals surface area contributed by atoms with Crippen molar-refractivity contribution in [2.75, 3.05) is 24.6 Å². The van der Waals surface area contributed by atoms with Crippen LogP contribution in [0, 0.1) is 5.92 Å². The number of benzene rings is 1. The molecule has 1 amide bonds. The number of ether oxygens (including phenoxy) is 1. The normalized spacial score (nSPS) is 20.0. The van der Waals surface area contributed by atoms with Crippen LogP contribution in [0.5, 0.6) is 0 Å². The van der Waals surface area contributed by atoms with Crippen LogP contribution >= 0.6 is 11.6 Å². The largest absolute Gasteiger partial charge is 0.467 e. The van der Waals surface area contributed by atoms with Gasteiger partial charge in [0.1, 0.15) is 17.6 Å². The lowest BCUT2D eigenvalue weighted by atomic mass is 9.98. The molecule has 5 rings (SSSR count). The van der Waals surface area contributed by atoms with Crippen LogP contribution in [0.15, 0.2) is 76.6 Å². The van der Waals surface area contributed by atoms with Crippen molar-refractivity contribution in [2.45, 2.75) is 25.3 Å². The first kappa shape index (κ1) is 23.1. The van der Waals surface area contributed by atoms with Crippen molar-refractivity contribution >= 4 is 35.0 Å². The van der Waals surface area contributed by atoms with Crippen LogP contribution in [0.3, 0.4) is 0 Å². The molecule has 1 saturated heterocycles. The molecular formula is C26H25ClN4O4. The molecule has 8 nitrogen and oxygen atoms in total. The van der Waals surface area contributed by atoms with E-state index in [1.165, 1.54) is 5.01 Å². The lowest BCUT2D eigenvalue weighted by Gasteiger charge is -2.32. The minimum Gasteiger partial charge on any atom is -0.467 e. The number of anilines is 1. The molecule has 0 N–H and O–H groups in total. The van der Waals surface area contributed by atoms with Crippen molar-refractivity contribution in [1.82, 2.24) is 9.99 Å². The minimum absolute atomic E-state index is 0.314. The Morgan fingerprint density at radius 2 is 1.97 bits per heavy atom. The summed E-state index contributed by atoms with van der Waals surface area (Å²) in [6.45, 7) is 0.968. The molecule has 2 atom stereocenters. The number of amides is 1. The Labute approximate surface area is 208 Å². The molecule has 1 aromatic carbocycles. The molecular weight excluding hydrogens is 468 g/mol. The molecule has 180 valence electrons. The van der Waals surface area contributed by atoms with Gasteiger partial charge in [-0.3, -0.25) is 9.59 Å². The van der Waals surface area contributed by atoms with E-state index in [0.717, 1.165) is 30.1 Å². The van der Waals surface area contributed by atoms with Crippen molar-refractivity contribution < 1.29 is 18.7 Å². The number of nitrogens with zero attached hydrogens (tertiary/aromatic N) is 4. The maximum Gasteiger partial charge on any atom is 0.311 e. The Bertz CT molecular complexity index is 1200. The number of piperidine rings is 1. The summed E-state index contributed by atoms with van der Waals surface area (Å²) in [5.41, 5.74) is 1.61. The number of pyridine rings is 1. The second-order valence-corrected chi connectivity index (χ2v) is 9.04. The molecule has 2 aliphatic heterocycles. The van der Waals surface area contributed by atoms with E-state index in [1.807, 2.05) is 36.4 Å². The van der Waals surface area contributed by atoms with Crippen LogP contribution in [-0.4, -0.2) is 47.3 Å². The number of halogens is 1. The summed E-state index contributed by atoms with van der Waals surface area (Å²) < 4.78 is 11.0. The third-order valence-corrected chi connectivity index (χ3v) is 6.53. The first-order valence-corrected chi connectivity index (χ1v) is 12.0. The molecule has 3 aromatic rings. The minimum atomic E-state index is -0.406. The molecule has 0 radical (unpaired) electrons. The average Bonchev–Trinajstić information content (AvgIpc) is 3.59. The van der Waals surface area contributed by atoms with E-state index in [9.17, 15) is 9.59 Å². The number of hydrogen-bond acceptors (Lipinski definition) is 7. The van der Waals surface area contributed by atoms with Crippen molar-refractivity contribution in [1.29, 1.82) is 0 Å². The van der Waals surface area contributed by atoms with Crippen LogP contribution in [0.2, 0.25) is 5.02 Å². The number of aromatic nitrogens is 1. The quantitative estimate of drug-likeness (QED) is 0.472. The fraction of sp³-hybridized carbons (Fsp3) is 0.308. The Hall–Kier alpha value is -3.65. The van der Waals surface area contributed by atoms with Gasteiger partial charge in [-0.2, -0.15) is 5.10 Å². The van der Waals surface area contributed by atoms with E-state index in [0.29, 0.717) is 30.2 Å². The number of hydrazone groups is 1. The summed E-state index contributed by atoms with van der Waals surface area (Å²) in [5.74, 6) is 0.362. The highest BCUT2D eigenvalue weighted by Gasteiger charge is 2.36. The van der Waals surface area contributed by atoms with Crippen LogP contribution < -0.4 is 4.90 Å². The van der Waals surface area contributed by atoms with E-state index in [4.69, 9.17) is 20.8 Å². The van der Waals surface area contributed by atoms with E-state index >= 15 is 0 Å². The summed E-state index contributed by atoms with van der Waals surface area (Å²) in [4.78, 5) is 32.4. The first-order chi connectivity index (χ1) is 17.1. The van der Waals surface area contributed by atoms with Gasteiger partial charge in [-0.15, -0.1) is 0 Å². The standard InChI is InChI=1S/C26H25ClN4O4/c27-20-10-8-18(9-11-20)21-15-22(23-6-4-14-34-23)31(29-21)25(32)17-35-26(33)19-5-3-13-30(16-19)24-7-1-2-12-28-24/h1-2,4,6-12,14,19,22H,3,5,13,15-17H2/t19-,22+/m1/s1. The smallest absolute Gasteiger partial charge is 0.311 e. The number of carbonyl (C=O) groups is 2. The molecule has 9 heteroatoms. The zero-order valence-electron chi connectivity index (χ0n) is 19.0. The Kier molecular flexibility index (Phi) is 6.81. The van der Waals surface area contributed by atoms with Gasteiger partial charge < -0.3 is 14.1 Å². The zero-order valence-corrected chi connectivity index (χ0v) is 19.8. The molecule has 0 unspecified atom stereocenters. The highest BCUT2D eigenvalue weighted by molar-refractivity contribution is 6.30. The molecule has 2 aromatic heterocycles. The van der Waals surface area contributed by atoms with Gasteiger partial charge in [-0.25, -0.2) is 9.99 Å². The van der Waals surface area contributed by atoms with Gasteiger partial charge in [-0.1, -0.05) is 29.8 Å². The molecule has 0 saturated carbocycles. The summed E-state index contributed by atoms with van der Waals surface area (Å²) in [6, 6.07) is 16.2. The summed E-state index contributed by atoms with van der Waals surface area (Å²) in [6.07, 6.45) is 5.35. The lowest BCUT2D eigenvalue weighted by Crippen LogP contribution is -2.40. The Morgan fingerprint density at radius 3 is 2.71 bits per heavy atom. The van der Waals surface area contributed by atoms with Crippen molar-refractivity contribution in [2.24, 2.45) is 11.0 Å². The predicted octanol–water partition coefficient (Wildman–Crippen LogP) is 4.47. The van der Waals surface area contributed by atoms with E-state index in [-0.39, 0.29) is 18.5 Å². The second-order valence-electron chi connectivity index (χ2n) is 8.61. The van der Waals surface area contributed by atoms with Gasteiger partial charge in [0.25, 0.3) is 5.91 Å². The van der Waals surface area contributed by atoms with Crippen LogP contribution in [0.4, 0.5) is 5.82 Å². The van der Waals surface area contributed by atoms with Crippen LogP contribution in [0.1, 0.15) is 36.6 Å². The second kappa shape index (κ2) is 10.3.